The number of benzene rings is 1. The fraction of sp³-hybridized carbons (Fsp3) is 0.533. The van der Waals surface area contributed by atoms with E-state index in [1.807, 2.05) is 6.92 Å². The number of likely N-dealkylation sites (tertiary alicyclic amines) is 1. The van der Waals surface area contributed by atoms with E-state index < -0.39 is 5.97 Å². The van der Waals surface area contributed by atoms with Gasteiger partial charge in [0.2, 0.25) is 0 Å². The van der Waals surface area contributed by atoms with E-state index in [1.165, 1.54) is 5.56 Å². The summed E-state index contributed by atoms with van der Waals surface area (Å²) in [5.74, 6) is -0.636. The predicted octanol–water partition coefficient (Wildman–Crippen LogP) is 3.03. The van der Waals surface area contributed by atoms with Gasteiger partial charge in [-0.1, -0.05) is 35.0 Å². The molecule has 0 radical (unpaired) electrons. The van der Waals surface area contributed by atoms with Gasteiger partial charge in [-0.2, -0.15) is 0 Å². The molecule has 3 atom stereocenters. The van der Waals surface area contributed by atoms with Gasteiger partial charge in [0.25, 0.3) is 0 Å². The van der Waals surface area contributed by atoms with Gasteiger partial charge < -0.3 is 5.11 Å². The number of aliphatic carboxylic acids is 1. The quantitative estimate of drug-likeness (QED) is 0.925. The summed E-state index contributed by atoms with van der Waals surface area (Å²) in [5.41, 5.74) is 1.29. The van der Waals surface area contributed by atoms with E-state index in [1.54, 1.807) is 0 Å². The van der Waals surface area contributed by atoms with E-state index >= 15 is 0 Å². The van der Waals surface area contributed by atoms with Crippen LogP contribution in [0.1, 0.15) is 19.4 Å². The van der Waals surface area contributed by atoms with Crippen LogP contribution in [-0.2, 0) is 11.2 Å². The summed E-state index contributed by atoms with van der Waals surface area (Å²) in [4.78, 5) is 13.4. The van der Waals surface area contributed by atoms with Crippen molar-refractivity contribution in [3.8, 4) is 0 Å². The van der Waals surface area contributed by atoms with Gasteiger partial charge in [0.05, 0.1) is 5.92 Å². The van der Waals surface area contributed by atoms with Crippen LogP contribution < -0.4 is 0 Å². The van der Waals surface area contributed by atoms with E-state index in [-0.39, 0.29) is 11.8 Å². The Bertz CT molecular complexity index is 446. The molecule has 1 N–H and O–H groups in total. The molecule has 4 heteroatoms. The molecule has 0 bridgehead atoms. The lowest BCUT2D eigenvalue weighted by molar-refractivity contribution is -0.142. The van der Waals surface area contributed by atoms with Crippen molar-refractivity contribution in [2.24, 2.45) is 11.8 Å². The Hall–Kier alpha value is -0.870. The summed E-state index contributed by atoms with van der Waals surface area (Å²) in [6, 6.07) is 8.72. The van der Waals surface area contributed by atoms with Crippen molar-refractivity contribution in [1.82, 2.24) is 4.90 Å². The van der Waals surface area contributed by atoms with Crippen LogP contribution in [0.4, 0.5) is 0 Å². The standard InChI is InChI=1S/C15H20BrNO2/c1-10-8-17(9-14(10)15(18)19)11(2)7-12-3-5-13(16)6-4-12/h3-6,10-11,14H,7-9H2,1-2H3,(H,18,19). The highest BCUT2D eigenvalue weighted by molar-refractivity contribution is 9.10. The van der Waals surface area contributed by atoms with E-state index in [0.29, 0.717) is 12.6 Å². The van der Waals surface area contributed by atoms with E-state index in [9.17, 15) is 9.90 Å². The molecule has 19 heavy (non-hydrogen) atoms. The molecule has 104 valence electrons. The van der Waals surface area contributed by atoms with Gasteiger partial charge in [0, 0.05) is 23.6 Å². The zero-order valence-corrected chi connectivity index (χ0v) is 12.9. The summed E-state index contributed by atoms with van der Waals surface area (Å²) >= 11 is 3.43. The van der Waals surface area contributed by atoms with Crippen LogP contribution in [-0.4, -0.2) is 35.1 Å². The Kier molecular flexibility index (Phi) is 4.63. The second kappa shape index (κ2) is 6.06. The summed E-state index contributed by atoms with van der Waals surface area (Å²) in [6.45, 7) is 5.77. The first kappa shape index (κ1) is 14.5. The molecular formula is C15H20BrNO2. The van der Waals surface area contributed by atoms with Gasteiger partial charge in [-0.3, -0.25) is 9.69 Å². The van der Waals surface area contributed by atoms with E-state index in [0.717, 1.165) is 17.4 Å². The maximum Gasteiger partial charge on any atom is 0.308 e. The van der Waals surface area contributed by atoms with Gasteiger partial charge in [-0.05, 0) is 37.0 Å². The van der Waals surface area contributed by atoms with Crippen molar-refractivity contribution >= 4 is 21.9 Å². The highest BCUT2D eigenvalue weighted by Gasteiger charge is 2.36. The number of hydrogen-bond donors (Lipinski definition) is 1. The van der Waals surface area contributed by atoms with Gasteiger partial charge in [0.1, 0.15) is 0 Å². The monoisotopic (exact) mass is 325 g/mol. The molecule has 1 aromatic carbocycles. The smallest absolute Gasteiger partial charge is 0.308 e. The molecule has 0 spiro atoms. The molecule has 1 aliphatic heterocycles. The maximum absolute atomic E-state index is 11.1. The Balaban J connectivity index is 1.96. The van der Waals surface area contributed by atoms with Gasteiger partial charge >= 0.3 is 5.97 Å². The number of carboxylic acid groups (broad SMARTS) is 1. The van der Waals surface area contributed by atoms with Gasteiger partial charge in [0.15, 0.2) is 0 Å². The lowest BCUT2D eigenvalue weighted by Gasteiger charge is -2.24. The molecule has 2 rings (SSSR count). The lowest BCUT2D eigenvalue weighted by atomic mass is 9.99. The molecule has 0 amide bonds. The topological polar surface area (TPSA) is 40.5 Å². The largest absolute Gasteiger partial charge is 0.481 e. The molecule has 1 saturated heterocycles. The Morgan fingerprint density at radius 1 is 1.42 bits per heavy atom. The van der Waals surface area contributed by atoms with Crippen molar-refractivity contribution in [2.45, 2.75) is 26.3 Å². The van der Waals surface area contributed by atoms with Crippen molar-refractivity contribution < 1.29 is 9.90 Å². The van der Waals surface area contributed by atoms with Crippen molar-refractivity contribution in [3.05, 3.63) is 34.3 Å². The third-order valence-corrected chi connectivity index (χ3v) is 4.55. The Morgan fingerprint density at radius 2 is 2.05 bits per heavy atom. The van der Waals surface area contributed by atoms with E-state index in [2.05, 4.69) is 52.0 Å². The molecule has 0 aromatic heterocycles. The fourth-order valence-corrected chi connectivity index (χ4v) is 3.04. The average molecular weight is 326 g/mol. The number of nitrogens with zero attached hydrogens (tertiary/aromatic N) is 1. The fourth-order valence-electron chi connectivity index (χ4n) is 2.78. The molecule has 1 fully saturated rings. The van der Waals surface area contributed by atoms with Crippen LogP contribution >= 0.6 is 15.9 Å². The third-order valence-electron chi connectivity index (χ3n) is 4.03. The number of rotatable bonds is 4. The zero-order chi connectivity index (χ0) is 14.0. The predicted molar refractivity (Wildman–Crippen MR) is 79.2 cm³/mol. The number of hydrogen-bond acceptors (Lipinski definition) is 2. The Morgan fingerprint density at radius 3 is 2.58 bits per heavy atom. The first-order valence-corrected chi connectivity index (χ1v) is 7.48. The van der Waals surface area contributed by atoms with E-state index in [4.69, 9.17) is 0 Å². The maximum atomic E-state index is 11.1. The minimum Gasteiger partial charge on any atom is -0.481 e. The Labute approximate surface area is 122 Å². The molecule has 1 aliphatic rings. The molecular weight excluding hydrogens is 306 g/mol. The summed E-state index contributed by atoms with van der Waals surface area (Å²) in [6.07, 6.45) is 0.965. The van der Waals surface area contributed by atoms with Crippen LogP contribution in [0.5, 0.6) is 0 Å². The van der Waals surface area contributed by atoms with Crippen LogP contribution in [0.25, 0.3) is 0 Å². The van der Waals surface area contributed by atoms with Crippen molar-refractivity contribution in [2.75, 3.05) is 13.1 Å². The summed E-state index contributed by atoms with van der Waals surface area (Å²) in [7, 11) is 0. The molecule has 3 unspecified atom stereocenters. The van der Waals surface area contributed by atoms with Crippen molar-refractivity contribution in [1.29, 1.82) is 0 Å². The third kappa shape index (κ3) is 3.57. The molecule has 0 aliphatic carbocycles. The number of halogens is 1. The van der Waals surface area contributed by atoms with Crippen LogP contribution in [0.3, 0.4) is 0 Å². The first-order chi connectivity index (χ1) is 8.97. The number of carbonyl (C=O) groups is 1. The second-order valence-electron chi connectivity index (χ2n) is 5.56. The first-order valence-electron chi connectivity index (χ1n) is 6.68. The van der Waals surface area contributed by atoms with Gasteiger partial charge in [-0.25, -0.2) is 0 Å². The van der Waals surface area contributed by atoms with Gasteiger partial charge in [-0.15, -0.1) is 0 Å². The minimum atomic E-state index is -0.661. The summed E-state index contributed by atoms with van der Waals surface area (Å²) < 4.78 is 1.09. The summed E-state index contributed by atoms with van der Waals surface area (Å²) in [5, 5.41) is 9.17. The molecule has 3 nitrogen and oxygen atoms in total. The van der Waals surface area contributed by atoms with Crippen LogP contribution in [0.2, 0.25) is 0 Å². The SMILES string of the molecule is CC1CN(C(C)Cc2ccc(Br)cc2)CC1C(=O)O. The zero-order valence-electron chi connectivity index (χ0n) is 11.3. The minimum absolute atomic E-state index is 0.215. The highest BCUT2D eigenvalue weighted by atomic mass is 79.9. The normalized spacial score (nSPS) is 25.4. The average Bonchev–Trinajstić information content (AvgIpc) is 2.74. The lowest BCUT2D eigenvalue weighted by Crippen LogP contribution is -2.33. The van der Waals surface area contributed by atoms with Crippen LogP contribution in [0, 0.1) is 11.8 Å². The van der Waals surface area contributed by atoms with Crippen LogP contribution in [0.15, 0.2) is 28.7 Å². The molecule has 1 heterocycles. The van der Waals surface area contributed by atoms with Crippen molar-refractivity contribution in [3.63, 3.8) is 0 Å². The molecule has 0 saturated carbocycles. The molecule has 1 aromatic rings. The number of carboxylic acids is 1. The highest BCUT2D eigenvalue weighted by Crippen LogP contribution is 2.26. The second-order valence-corrected chi connectivity index (χ2v) is 6.47.